The van der Waals surface area contributed by atoms with E-state index >= 15 is 0 Å². The van der Waals surface area contributed by atoms with Crippen LogP contribution in [0.5, 0.6) is 0 Å². The van der Waals surface area contributed by atoms with Crippen molar-refractivity contribution in [2.24, 2.45) is 0 Å². The zero-order valence-corrected chi connectivity index (χ0v) is 13.8. The SMILES string of the molecule is Cc1cc(C(=O)NCC(=O)N2CCN(C(C)C)CC2)c(C)o1. The molecule has 0 bridgehead atoms. The summed E-state index contributed by atoms with van der Waals surface area (Å²) in [6.07, 6.45) is 0. The van der Waals surface area contributed by atoms with Crippen LogP contribution in [0, 0.1) is 13.8 Å². The summed E-state index contributed by atoms with van der Waals surface area (Å²) in [5, 5.41) is 2.68. The van der Waals surface area contributed by atoms with E-state index < -0.39 is 0 Å². The van der Waals surface area contributed by atoms with Crippen LogP contribution in [0.4, 0.5) is 0 Å². The van der Waals surface area contributed by atoms with E-state index in [2.05, 4.69) is 24.1 Å². The van der Waals surface area contributed by atoms with Gasteiger partial charge in [-0.3, -0.25) is 14.5 Å². The van der Waals surface area contributed by atoms with Gasteiger partial charge in [0.1, 0.15) is 11.5 Å². The zero-order chi connectivity index (χ0) is 16.3. The highest BCUT2D eigenvalue weighted by Crippen LogP contribution is 2.13. The summed E-state index contributed by atoms with van der Waals surface area (Å²) >= 11 is 0. The molecule has 22 heavy (non-hydrogen) atoms. The number of hydrogen-bond acceptors (Lipinski definition) is 4. The van der Waals surface area contributed by atoms with Crippen molar-refractivity contribution in [2.45, 2.75) is 33.7 Å². The Bertz CT molecular complexity index is 543. The van der Waals surface area contributed by atoms with Crippen molar-refractivity contribution >= 4 is 11.8 Å². The molecule has 1 fully saturated rings. The van der Waals surface area contributed by atoms with Gasteiger partial charge in [0.05, 0.1) is 12.1 Å². The number of aryl methyl sites for hydroxylation is 2. The fraction of sp³-hybridized carbons (Fsp3) is 0.625. The number of nitrogens with one attached hydrogen (secondary N) is 1. The summed E-state index contributed by atoms with van der Waals surface area (Å²) in [6.45, 7) is 11.1. The highest BCUT2D eigenvalue weighted by Gasteiger charge is 2.23. The van der Waals surface area contributed by atoms with E-state index in [9.17, 15) is 9.59 Å². The Labute approximate surface area is 131 Å². The Morgan fingerprint density at radius 1 is 1.23 bits per heavy atom. The van der Waals surface area contributed by atoms with Gasteiger partial charge >= 0.3 is 0 Å². The van der Waals surface area contributed by atoms with Crippen molar-refractivity contribution in [3.8, 4) is 0 Å². The summed E-state index contributed by atoms with van der Waals surface area (Å²) in [4.78, 5) is 28.4. The van der Waals surface area contributed by atoms with Crippen molar-refractivity contribution < 1.29 is 14.0 Å². The first kappa shape index (κ1) is 16.5. The van der Waals surface area contributed by atoms with Gasteiger partial charge in [-0.1, -0.05) is 0 Å². The normalized spacial score (nSPS) is 16.1. The molecular weight excluding hydrogens is 282 g/mol. The second kappa shape index (κ2) is 6.96. The fourth-order valence-corrected chi connectivity index (χ4v) is 2.71. The van der Waals surface area contributed by atoms with Gasteiger partial charge in [-0.05, 0) is 33.8 Å². The average Bonchev–Trinajstić information content (AvgIpc) is 2.83. The van der Waals surface area contributed by atoms with Crippen molar-refractivity contribution in [3.05, 3.63) is 23.2 Å². The number of furan rings is 1. The molecule has 2 heterocycles. The third-order valence-corrected chi connectivity index (χ3v) is 4.08. The monoisotopic (exact) mass is 307 g/mol. The van der Waals surface area contributed by atoms with Crippen molar-refractivity contribution in [1.82, 2.24) is 15.1 Å². The van der Waals surface area contributed by atoms with Crippen molar-refractivity contribution in [2.75, 3.05) is 32.7 Å². The van der Waals surface area contributed by atoms with Gasteiger partial charge < -0.3 is 14.6 Å². The summed E-state index contributed by atoms with van der Waals surface area (Å²) < 4.78 is 5.33. The maximum absolute atomic E-state index is 12.2. The predicted molar refractivity (Wildman–Crippen MR) is 83.8 cm³/mol. The molecule has 1 aromatic rings. The molecule has 1 N–H and O–H groups in total. The Morgan fingerprint density at radius 2 is 1.86 bits per heavy atom. The van der Waals surface area contributed by atoms with Crippen LogP contribution in [-0.2, 0) is 4.79 Å². The van der Waals surface area contributed by atoms with E-state index in [1.807, 2.05) is 4.90 Å². The number of carbonyl (C=O) groups excluding carboxylic acids is 2. The molecule has 0 aromatic carbocycles. The van der Waals surface area contributed by atoms with Crippen molar-refractivity contribution in [3.63, 3.8) is 0 Å². The van der Waals surface area contributed by atoms with E-state index in [-0.39, 0.29) is 18.4 Å². The number of carbonyl (C=O) groups is 2. The second-order valence-corrected chi connectivity index (χ2v) is 6.02. The van der Waals surface area contributed by atoms with Crippen molar-refractivity contribution in [1.29, 1.82) is 0 Å². The minimum atomic E-state index is -0.261. The minimum absolute atomic E-state index is 0.0319. The quantitative estimate of drug-likeness (QED) is 0.907. The van der Waals surface area contributed by atoms with Gasteiger partial charge in [0.25, 0.3) is 5.91 Å². The fourth-order valence-electron chi connectivity index (χ4n) is 2.71. The number of amides is 2. The van der Waals surface area contributed by atoms with Crippen LogP contribution < -0.4 is 5.32 Å². The smallest absolute Gasteiger partial charge is 0.255 e. The van der Waals surface area contributed by atoms with Gasteiger partial charge in [0, 0.05) is 32.2 Å². The van der Waals surface area contributed by atoms with Crippen LogP contribution in [0.3, 0.4) is 0 Å². The Balaban J connectivity index is 1.81. The Morgan fingerprint density at radius 3 is 2.36 bits per heavy atom. The predicted octanol–water partition coefficient (Wildman–Crippen LogP) is 1.18. The molecule has 1 aromatic heterocycles. The molecule has 1 saturated heterocycles. The molecule has 0 saturated carbocycles. The Hall–Kier alpha value is -1.82. The largest absolute Gasteiger partial charge is 0.466 e. The highest BCUT2D eigenvalue weighted by molar-refractivity contribution is 5.97. The molecule has 0 aliphatic carbocycles. The molecule has 1 aliphatic rings. The summed E-state index contributed by atoms with van der Waals surface area (Å²) in [6, 6.07) is 2.19. The topological polar surface area (TPSA) is 65.8 Å². The number of rotatable bonds is 4. The number of hydrogen-bond donors (Lipinski definition) is 1. The van der Waals surface area contributed by atoms with E-state index in [0.29, 0.717) is 23.1 Å². The molecule has 0 radical (unpaired) electrons. The summed E-state index contributed by atoms with van der Waals surface area (Å²) in [5.74, 6) is 0.977. The molecule has 1 aliphatic heterocycles. The van der Waals surface area contributed by atoms with Gasteiger partial charge in [-0.2, -0.15) is 0 Å². The van der Waals surface area contributed by atoms with E-state index in [1.54, 1.807) is 19.9 Å². The van der Waals surface area contributed by atoms with E-state index in [1.165, 1.54) is 0 Å². The maximum atomic E-state index is 12.2. The highest BCUT2D eigenvalue weighted by atomic mass is 16.3. The molecule has 0 unspecified atom stereocenters. The molecular formula is C16H25N3O3. The first-order valence-corrected chi connectivity index (χ1v) is 7.75. The van der Waals surface area contributed by atoms with Gasteiger partial charge in [-0.15, -0.1) is 0 Å². The molecule has 6 heteroatoms. The minimum Gasteiger partial charge on any atom is -0.466 e. The standard InChI is InChI=1S/C16H25N3O3/c1-11(2)18-5-7-19(8-6-18)15(20)10-17-16(21)14-9-12(3)22-13(14)4/h9,11H,5-8,10H2,1-4H3,(H,17,21). The first-order chi connectivity index (χ1) is 10.4. The molecule has 0 spiro atoms. The van der Waals surface area contributed by atoms with Crippen LogP contribution in [0.25, 0.3) is 0 Å². The molecule has 6 nitrogen and oxygen atoms in total. The number of nitrogens with zero attached hydrogens (tertiary/aromatic N) is 2. The third-order valence-electron chi connectivity index (χ3n) is 4.08. The number of piperazine rings is 1. The molecule has 0 atom stereocenters. The maximum Gasteiger partial charge on any atom is 0.255 e. The average molecular weight is 307 g/mol. The van der Waals surface area contributed by atoms with Crippen LogP contribution >= 0.6 is 0 Å². The van der Waals surface area contributed by atoms with Crippen LogP contribution in [0.1, 0.15) is 35.7 Å². The molecule has 122 valence electrons. The van der Waals surface area contributed by atoms with Crippen LogP contribution in [0.15, 0.2) is 10.5 Å². The van der Waals surface area contributed by atoms with Crippen LogP contribution in [0.2, 0.25) is 0 Å². The zero-order valence-electron chi connectivity index (χ0n) is 13.8. The lowest BCUT2D eigenvalue weighted by atomic mass is 10.2. The summed E-state index contributed by atoms with van der Waals surface area (Å²) in [5.41, 5.74) is 0.495. The molecule has 2 amide bonds. The van der Waals surface area contributed by atoms with Gasteiger partial charge in [0.15, 0.2) is 0 Å². The lowest BCUT2D eigenvalue weighted by Gasteiger charge is -2.36. The summed E-state index contributed by atoms with van der Waals surface area (Å²) in [7, 11) is 0. The molecule has 2 rings (SSSR count). The second-order valence-electron chi connectivity index (χ2n) is 6.02. The van der Waals surface area contributed by atoms with Gasteiger partial charge in [-0.25, -0.2) is 0 Å². The van der Waals surface area contributed by atoms with Gasteiger partial charge in [0.2, 0.25) is 5.91 Å². The lowest BCUT2D eigenvalue weighted by Crippen LogP contribution is -2.52. The third kappa shape index (κ3) is 3.88. The van der Waals surface area contributed by atoms with Crippen LogP contribution in [-0.4, -0.2) is 60.4 Å². The Kier molecular flexibility index (Phi) is 5.24. The lowest BCUT2D eigenvalue weighted by molar-refractivity contribution is -0.132. The van der Waals surface area contributed by atoms with E-state index in [4.69, 9.17) is 4.42 Å². The van der Waals surface area contributed by atoms with E-state index in [0.717, 1.165) is 26.2 Å². The first-order valence-electron chi connectivity index (χ1n) is 7.75.